The van der Waals surface area contributed by atoms with Gasteiger partial charge in [-0.3, -0.25) is 0 Å². The Kier molecular flexibility index (Phi) is 3.10. The molecule has 0 radical (unpaired) electrons. The van der Waals surface area contributed by atoms with Crippen LogP contribution in [-0.2, 0) is 9.47 Å². The van der Waals surface area contributed by atoms with Crippen LogP contribution in [0.2, 0.25) is 0 Å². The number of halogens is 2. The second-order valence-corrected chi connectivity index (χ2v) is 5.92. The molecule has 0 aliphatic carbocycles. The van der Waals surface area contributed by atoms with Gasteiger partial charge in [0.1, 0.15) is 0 Å². The van der Waals surface area contributed by atoms with Crippen LogP contribution in [0.5, 0.6) is 0 Å². The Labute approximate surface area is 97.5 Å². The fraction of sp³-hybridized carbons (Fsp3) is 0.500. The average Bonchev–Trinajstić information content (AvgIpc) is 2.70. The maximum Gasteiger partial charge on any atom is 0.194 e. The molecule has 1 fully saturated rings. The minimum absolute atomic E-state index is 0.177. The summed E-state index contributed by atoms with van der Waals surface area (Å²) >= 11 is 8.68. The standard InChI is InChI=1S/C8H8Br2O2S/c1-4-5(9)6(13-7(4)10)8-11-2-3-12-8/h8H,2-3H2,1H3. The van der Waals surface area contributed by atoms with E-state index in [0.29, 0.717) is 13.2 Å². The molecule has 0 saturated carbocycles. The van der Waals surface area contributed by atoms with Crippen LogP contribution in [-0.4, -0.2) is 13.2 Å². The van der Waals surface area contributed by atoms with Gasteiger partial charge in [-0.15, -0.1) is 11.3 Å². The van der Waals surface area contributed by atoms with Gasteiger partial charge < -0.3 is 9.47 Å². The van der Waals surface area contributed by atoms with Crippen LogP contribution in [0, 0.1) is 6.92 Å². The molecule has 0 N–H and O–H groups in total. The molecule has 2 nitrogen and oxygen atoms in total. The summed E-state index contributed by atoms with van der Waals surface area (Å²) in [6.07, 6.45) is -0.177. The van der Waals surface area contributed by atoms with Crippen LogP contribution in [0.15, 0.2) is 8.26 Å². The first-order valence-electron chi connectivity index (χ1n) is 3.87. The van der Waals surface area contributed by atoms with Gasteiger partial charge in [-0.2, -0.15) is 0 Å². The summed E-state index contributed by atoms with van der Waals surface area (Å²) in [7, 11) is 0. The van der Waals surface area contributed by atoms with Crippen LogP contribution in [0.3, 0.4) is 0 Å². The fourth-order valence-corrected chi connectivity index (χ4v) is 3.82. The molecule has 2 heterocycles. The Hall–Kier alpha value is 0.580. The second-order valence-electron chi connectivity index (χ2n) is 2.75. The van der Waals surface area contributed by atoms with Crippen molar-refractivity contribution in [3.05, 3.63) is 18.7 Å². The highest BCUT2D eigenvalue weighted by Gasteiger charge is 2.24. The smallest absolute Gasteiger partial charge is 0.194 e. The molecule has 0 aromatic carbocycles. The van der Waals surface area contributed by atoms with Gasteiger partial charge in [-0.1, -0.05) is 0 Å². The predicted molar refractivity (Wildman–Crippen MR) is 59.1 cm³/mol. The molecule has 1 aromatic rings. The number of hydrogen-bond acceptors (Lipinski definition) is 3. The monoisotopic (exact) mass is 326 g/mol. The summed E-state index contributed by atoms with van der Waals surface area (Å²) in [5.41, 5.74) is 1.21. The molecule has 2 rings (SSSR count). The first-order valence-corrected chi connectivity index (χ1v) is 6.28. The lowest BCUT2D eigenvalue weighted by molar-refractivity contribution is -0.0418. The van der Waals surface area contributed by atoms with Gasteiger partial charge in [0.15, 0.2) is 6.29 Å². The van der Waals surface area contributed by atoms with Crippen molar-refractivity contribution in [2.45, 2.75) is 13.2 Å². The highest BCUT2D eigenvalue weighted by molar-refractivity contribution is 9.11. The van der Waals surface area contributed by atoms with E-state index in [1.54, 1.807) is 11.3 Å². The highest BCUT2D eigenvalue weighted by atomic mass is 79.9. The van der Waals surface area contributed by atoms with E-state index < -0.39 is 0 Å². The Morgan fingerprint density at radius 3 is 2.38 bits per heavy atom. The third-order valence-corrected chi connectivity index (χ3v) is 5.34. The van der Waals surface area contributed by atoms with Crippen molar-refractivity contribution in [3.63, 3.8) is 0 Å². The van der Waals surface area contributed by atoms with Crippen LogP contribution in [0.1, 0.15) is 16.7 Å². The lowest BCUT2D eigenvalue weighted by Gasteiger charge is -2.06. The highest BCUT2D eigenvalue weighted by Crippen LogP contribution is 2.42. The molecule has 1 aliphatic rings. The maximum absolute atomic E-state index is 5.43. The van der Waals surface area contributed by atoms with Gasteiger partial charge in [0.05, 0.1) is 21.9 Å². The van der Waals surface area contributed by atoms with Crippen LogP contribution in [0.4, 0.5) is 0 Å². The lowest BCUT2D eigenvalue weighted by Crippen LogP contribution is -1.95. The summed E-state index contributed by atoms with van der Waals surface area (Å²) in [5, 5.41) is 0. The third-order valence-electron chi connectivity index (χ3n) is 1.88. The van der Waals surface area contributed by atoms with E-state index in [0.717, 1.165) is 13.1 Å². The zero-order valence-corrected chi connectivity index (χ0v) is 11.0. The van der Waals surface area contributed by atoms with Crippen molar-refractivity contribution in [1.82, 2.24) is 0 Å². The summed E-state index contributed by atoms with van der Waals surface area (Å²) in [5.74, 6) is 0. The van der Waals surface area contributed by atoms with Crippen LogP contribution < -0.4 is 0 Å². The molecule has 0 amide bonds. The van der Waals surface area contributed by atoms with E-state index in [4.69, 9.17) is 9.47 Å². The molecule has 72 valence electrons. The van der Waals surface area contributed by atoms with Crippen molar-refractivity contribution in [3.8, 4) is 0 Å². The predicted octanol–water partition coefficient (Wildman–Crippen LogP) is 3.63. The molecule has 13 heavy (non-hydrogen) atoms. The summed E-state index contributed by atoms with van der Waals surface area (Å²) in [4.78, 5) is 1.11. The number of ether oxygens (including phenoxy) is 2. The molecule has 0 bridgehead atoms. The van der Waals surface area contributed by atoms with Crippen molar-refractivity contribution >= 4 is 43.2 Å². The first kappa shape index (κ1) is 10.1. The summed E-state index contributed by atoms with van der Waals surface area (Å²) in [6.45, 7) is 3.43. The van der Waals surface area contributed by atoms with E-state index in [-0.39, 0.29) is 6.29 Å². The van der Waals surface area contributed by atoms with Gasteiger partial charge in [-0.05, 0) is 44.3 Å². The molecule has 1 aliphatic heterocycles. The average molecular weight is 328 g/mol. The number of hydrogen-bond donors (Lipinski definition) is 0. The third kappa shape index (κ3) is 1.85. The quantitative estimate of drug-likeness (QED) is 0.784. The minimum atomic E-state index is -0.177. The zero-order chi connectivity index (χ0) is 9.42. The Morgan fingerprint density at radius 1 is 1.31 bits per heavy atom. The van der Waals surface area contributed by atoms with Crippen molar-refractivity contribution < 1.29 is 9.47 Å². The first-order chi connectivity index (χ1) is 6.20. The van der Waals surface area contributed by atoms with E-state index in [1.165, 1.54) is 5.56 Å². The number of rotatable bonds is 1. The van der Waals surface area contributed by atoms with Gasteiger partial charge >= 0.3 is 0 Å². The van der Waals surface area contributed by atoms with Gasteiger partial charge in [0, 0.05) is 4.47 Å². The van der Waals surface area contributed by atoms with E-state index in [9.17, 15) is 0 Å². The fourth-order valence-electron chi connectivity index (χ4n) is 1.15. The molecule has 0 atom stereocenters. The van der Waals surface area contributed by atoms with Crippen LogP contribution >= 0.6 is 43.2 Å². The van der Waals surface area contributed by atoms with Crippen molar-refractivity contribution in [2.24, 2.45) is 0 Å². The molecule has 0 unspecified atom stereocenters. The molecule has 5 heteroatoms. The second kappa shape index (κ2) is 3.98. The molecule has 0 spiro atoms. The SMILES string of the molecule is Cc1c(Br)sc(C2OCCO2)c1Br. The largest absolute Gasteiger partial charge is 0.345 e. The van der Waals surface area contributed by atoms with Gasteiger partial charge in [-0.25, -0.2) is 0 Å². The minimum Gasteiger partial charge on any atom is -0.345 e. The Bertz CT molecular complexity index is 318. The van der Waals surface area contributed by atoms with E-state index >= 15 is 0 Å². The molecule has 1 aromatic heterocycles. The van der Waals surface area contributed by atoms with E-state index in [2.05, 4.69) is 38.8 Å². The molecular weight excluding hydrogens is 320 g/mol. The Morgan fingerprint density at radius 2 is 1.92 bits per heavy atom. The molecular formula is C8H8Br2O2S. The molecule has 1 saturated heterocycles. The zero-order valence-electron chi connectivity index (χ0n) is 6.97. The number of thiophene rings is 1. The Balaban J connectivity index is 2.34. The van der Waals surface area contributed by atoms with Gasteiger partial charge in [0.25, 0.3) is 0 Å². The van der Waals surface area contributed by atoms with Crippen LogP contribution in [0.25, 0.3) is 0 Å². The normalized spacial score (nSPS) is 18.4. The summed E-state index contributed by atoms with van der Waals surface area (Å²) < 4.78 is 13.1. The maximum atomic E-state index is 5.43. The summed E-state index contributed by atoms with van der Waals surface area (Å²) in [6, 6.07) is 0. The van der Waals surface area contributed by atoms with Crippen molar-refractivity contribution in [2.75, 3.05) is 13.2 Å². The van der Waals surface area contributed by atoms with Crippen molar-refractivity contribution in [1.29, 1.82) is 0 Å². The van der Waals surface area contributed by atoms with Gasteiger partial charge in [0.2, 0.25) is 0 Å². The van der Waals surface area contributed by atoms with E-state index in [1.807, 2.05) is 0 Å². The lowest BCUT2D eigenvalue weighted by atomic mass is 10.3. The topological polar surface area (TPSA) is 18.5 Å².